The molecule has 7 rings (SSSR count). The van der Waals surface area contributed by atoms with Gasteiger partial charge in [0.25, 0.3) is 0 Å². The maximum absolute atomic E-state index is 2.61. The third-order valence-electron chi connectivity index (χ3n) is 10.4. The molecule has 5 aromatic rings. The number of fused-ring (bicyclic) bond motifs is 4. The van der Waals surface area contributed by atoms with Crippen LogP contribution in [0.4, 0.5) is 0 Å². The van der Waals surface area contributed by atoms with Crippen molar-refractivity contribution in [2.45, 2.75) is 85.1 Å². The van der Waals surface area contributed by atoms with Gasteiger partial charge in [-0.15, -0.1) is 0 Å². The van der Waals surface area contributed by atoms with E-state index in [0.29, 0.717) is 0 Å². The predicted molar refractivity (Wildman–Crippen MR) is 208 cm³/mol. The predicted octanol–water partition coefficient (Wildman–Crippen LogP) is 8.05. The van der Waals surface area contributed by atoms with Crippen LogP contribution >= 0.6 is 23.5 Å². The fourth-order valence-corrected chi connectivity index (χ4v) is 22.2. The van der Waals surface area contributed by atoms with E-state index in [9.17, 15) is 0 Å². The molecular formula is C40H44S2Si3. The zero-order chi connectivity index (χ0) is 31.9. The molecular weight excluding hydrogens is 629 g/mol. The lowest BCUT2D eigenvalue weighted by molar-refractivity contribution is 0.592. The second-order valence-corrected chi connectivity index (χ2v) is 30.6. The lowest BCUT2D eigenvalue weighted by Gasteiger charge is -2.37. The number of benzene rings is 5. The van der Waals surface area contributed by atoms with Crippen LogP contribution < -0.4 is 31.1 Å². The van der Waals surface area contributed by atoms with E-state index in [4.69, 9.17) is 0 Å². The van der Waals surface area contributed by atoms with Crippen molar-refractivity contribution in [3.8, 4) is 11.1 Å². The van der Waals surface area contributed by atoms with Crippen LogP contribution in [0.5, 0.6) is 0 Å². The van der Waals surface area contributed by atoms with Gasteiger partial charge in [0.05, 0.1) is 0 Å². The van der Waals surface area contributed by atoms with Gasteiger partial charge in [-0.1, -0.05) is 180 Å². The summed E-state index contributed by atoms with van der Waals surface area (Å²) in [4.78, 5) is 5.93. The van der Waals surface area contributed by atoms with E-state index in [1.54, 1.807) is 30.8 Å². The summed E-state index contributed by atoms with van der Waals surface area (Å²) in [6.07, 6.45) is 0. The molecule has 0 unspecified atom stereocenters. The minimum absolute atomic E-state index is 0.0353. The minimum Gasteiger partial charge on any atom is -0.0904 e. The molecule has 0 amide bonds. The molecule has 0 bridgehead atoms. The van der Waals surface area contributed by atoms with E-state index >= 15 is 0 Å². The molecule has 228 valence electrons. The van der Waals surface area contributed by atoms with E-state index in [1.807, 2.05) is 23.5 Å². The molecule has 0 atom stereocenters. The van der Waals surface area contributed by atoms with Crippen LogP contribution in [0.2, 0.25) is 39.3 Å². The summed E-state index contributed by atoms with van der Waals surface area (Å²) in [6.45, 7) is 22.4. The zero-order valence-electron chi connectivity index (χ0n) is 28.1. The third kappa shape index (κ3) is 4.92. The van der Waals surface area contributed by atoms with Crippen LogP contribution in [0.25, 0.3) is 11.1 Å². The topological polar surface area (TPSA) is 0 Å². The lowest BCUT2D eigenvalue weighted by atomic mass is 9.82. The van der Waals surface area contributed by atoms with Crippen molar-refractivity contribution in [1.29, 1.82) is 0 Å². The molecule has 2 aliphatic heterocycles. The second kappa shape index (κ2) is 10.7. The SMILES string of the molecule is CC(C)(C)c1ccc([Si](C)(C)c2cccc3c2Sc2ccccc2[Si]3(C)C)cc1-c1cccc2c1Sc1ccccc1[Si]2(C)C. The summed E-state index contributed by atoms with van der Waals surface area (Å²) in [5.74, 6) is 0. The van der Waals surface area contributed by atoms with Crippen LogP contribution in [-0.2, 0) is 5.41 Å². The molecule has 2 aliphatic rings. The Morgan fingerprint density at radius 1 is 0.533 bits per heavy atom. The van der Waals surface area contributed by atoms with Gasteiger partial charge in [-0.05, 0) is 60.2 Å². The van der Waals surface area contributed by atoms with Crippen LogP contribution in [0.15, 0.2) is 123 Å². The third-order valence-corrected chi connectivity index (χ3v) is 24.4. The first-order valence-electron chi connectivity index (χ1n) is 16.2. The minimum atomic E-state index is -2.08. The Bertz CT molecular complexity index is 1980. The zero-order valence-corrected chi connectivity index (χ0v) is 32.8. The van der Waals surface area contributed by atoms with Crippen molar-refractivity contribution in [3.63, 3.8) is 0 Å². The Kier molecular flexibility index (Phi) is 7.42. The van der Waals surface area contributed by atoms with Crippen LogP contribution in [-0.4, -0.2) is 24.2 Å². The van der Waals surface area contributed by atoms with Gasteiger partial charge in [-0.2, -0.15) is 0 Å². The molecule has 0 nitrogen and oxygen atoms in total. The van der Waals surface area contributed by atoms with Crippen molar-refractivity contribution in [2.75, 3.05) is 0 Å². The summed E-state index contributed by atoms with van der Waals surface area (Å²) < 4.78 is 0. The van der Waals surface area contributed by atoms with E-state index in [1.165, 1.54) is 36.6 Å². The number of rotatable bonds is 3. The first kappa shape index (κ1) is 31.1. The highest BCUT2D eigenvalue weighted by molar-refractivity contribution is 8.00. The van der Waals surface area contributed by atoms with Gasteiger partial charge in [0, 0.05) is 19.6 Å². The summed E-state index contributed by atoms with van der Waals surface area (Å²) >= 11 is 4.02. The Morgan fingerprint density at radius 3 is 1.64 bits per heavy atom. The molecule has 0 saturated heterocycles. The Hall–Kier alpha value is -2.55. The smallest absolute Gasteiger partial charge is 0.0904 e. The number of hydrogen-bond acceptors (Lipinski definition) is 2. The Balaban J connectivity index is 1.41. The molecule has 0 aliphatic carbocycles. The van der Waals surface area contributed by atoms with Gasteiger partial charge in [0.15, 0.2) is 0 Å². The highest BCUT2D eigenvalue weighted by atomic mass is 32.2. The first-order valence-corrected chi connectivity index (χ1v) is 26.8. The molecule has 0 aromatic heterocycles. The summed E-state index contributed by atoms with van der Waals surface area (Å²) in [5.41, 5.74) is 4.31. The van der Waals surface area contributed by atoms with Gasteiger partial charge in [0.1, 0.15) is 24.2 Å². The average molecular weight is 673 g/mol. The van der Waals surface area contributed by atoms with Crippen molar-refractivity contribution >= 4 is 78.9 Å². The highest BCUT2D eigenvalue weighted by Crippen LogP contribution is 2.42. The van der Waals surface area contributed by atoms with Crippen LogP contribution in [0.1, 0.15) is 26.3 Å². The molecule has 0 N–H and O–H groups in total. The van der Waals surface area contributed by atoms with E-state index < -0.39 is 24.2 Å². The number of hydrogen-bond donors (Lipinski definition) is 0. The van der Waals surface area contributed by atoms with Crippen molar-refractivity contribution in [2.24, 2.45) is 0 Å². The van der Waals surface area contributed by atoms with E-state index in [-0.39, 0.29) is 5.41 Å². The standard InChI is InChI=1S/C40H44S2Si3/c1-40(2,3)30-25-24-27(26-29(30)28-16-14-21-35-38(28)41-31-17-10-12-19-33(31)44(35,6)7)43(4,5)36-22-15-23-37-39(36)42-32-18-11-13-20-34(32)45(37,8)9/h10-26H,1-9H3. The molecule has 0 radical (unpaired) electrons. The van der Waals surface area contributed by atoms with Gasteiger partial charge >= 0.3 is 0 Å². The molecule has 2 heterocycles. The first-order chi connectivity index (χ1) is 21.2. The van der Waals surface area contributed by atoms with Gasteiger partial charge in [-0.25, -0.2) is 0 Å². The average Bonchev–Trinajstić information content (AvgIpc) is 3.00. The largest absolute Gasteiger partial charge is 0.115 e. The Labute approximate surface area is 282 Å². The van der Waals surface area contributed by atoms with Crippen molar-refractivity contribution < 1.29 is 0 Å². The summed E-state index contributed by atoms with van der Waals surface area (Å²) in [5, 5.41) is 9.43. The highest BCUT2D eigenvalue weighted by Gasteiger charge is 2.40. The van der Waals surface area contributed by atoms with E-state index in [0.717, 1.165) is 0 Å². The van der Waals surface area contributed by atoms with Gasteiger partial charge in [-0.3, -0.25) is 0 Å². The molecule has 0 spiro atoms. The normalized spacial score (nSPS) is 16.3. The molecule has 5 aromatic carbocycles. The second-order valence-electron chi connectivity index (χ2n) is 15.4. The summed E-state index contributed by atoms with van der Waals surface area (Å²) in [6, 6.07) is 40.3. The maximum atomic E-state index is 2.61. The van der Waals surface area contributed by atoms with Gasteiger partial charge < -0.3 is 0 Å². The van der Waals surface area contributed by atoms with Crippen LogP contribution in [0, 0.1) is 0 Å². The fraction of sp³-hybridized carbons (Fsp3) is 0.250. The molecule has 5 heteroatoms. The van der Waals surface area contributed by atoms with Crippen molar-refractivity contribution in [3.05, 3.63) is 109 Å². The quantitative estimate of drug-likeness (QED) is 0.178. The van der Waals surface area contributed by atoms with E-state index in [2.05, 4.69) is 163 Å². The lowest BCUT2D eigenvalue weighted by Crippen LogP contribution is -2.61. The summed E-state index contributed by atoms with van der Waals surface area (Å²) in [7, 11) is -5.71. The molecule has 45 heavy (non-hydrogen) atoms. The maximum Gasteiger partial charge on any atom is 0.115 e. The Morgan fingerprint density at radius 2 is 1.04 bits per heavy atom. The van der Waals surface area contributed by atoms with Crippen molar-refractivity contribution in [1.82, 2.24) is 0 Å². The molecule has 0 saturated carbocycles. The van der Waals surface area contributed by atoms with Gasteiger partial charge in [0.2, 0.25) is 0 Å². The monoisotopic (exact) mass is 672 g/mol. The van der Waals surface area contributed by atoms with Crippen LogP contribution in [0.3, 0.4) is 0 Å². The fourth-order valence-electron chi connectivity index (χ4n) is 7.60. The molecule has 0 fully saturated rings.